The molecule has 2 aliphatic rings. The molecular formula is C19H16BrNO5. The van der Waals surface area contributed by atoms with Gasteiger partial charge in [0.2, 0.25) is 12.7 Å². The first kappa shape index (κ1) is 16.9. The largest absolute Gasteiger partial charge is 0.465 e. The van der Waals surface area contributed by atoms with Crippen molar-refractivity contribution in [2.45, 2.75) is 18.3 Å². The number of ether oxygens (including phenoxy) is 3. The van der Waals surface area contributed by atoms with E-state index in [2.05, 4.69) is 21.2 Å². The maximum absolute atomic E-state index is 12.9. The fourth-order valence-electron chi connectivity index (χ4n) is 3.09. The molecular weight excluding hydrogens is 402 g/mol. The van der Waals surface area contributed by atoms with Crippen molar-refractivity contribution in [2.75, 3.05) is 19.2 Å². The number of nitrogens with one attached hydrogen (secondary N) is 1. The van der Waals surface area contributed by atoms with Gasteiger partial charge in [0.05, 0.1) is 18.1 Å². The number of hydrogen-bond acceptors (Lipinski definition) is 5. The van der Waals surface area contributed by atoms with E-state index in [0.717, 1.165) is 18.4 Å². The first-order chi connectivity index (χ1) is 12.5. The minimum Gasteiger partial charge on any atom is -0.465 e. The van der Waals surface area contributed by atoms with Crippen molar-refractivity contribution in [1.29, 1.82) is 0 Å². The summed E-state index contributed by atoms with van der Waals surface area (Å²) < 4.78 is 16.0. The topological polar surface area (TPSA) is 73.9 Å². The van der Waals surface area contributed by atoms with Crippen molar-refractivity contribution in [2.24, 2.45) is 0 Å². The van der Waals surface area contributed by atoms with E-state index in [-0.39, 0.29) is 12.7 Å². The molecule has 1 heterocycles. The third kappa shape index (κ3) is 2.82. The molecule has 2 aromatic rings. The molecule has 134 valence electrons. The number of halogens is 1. The molecule has 6 nitrogen and oxygen atoms in total. The maximum Gasteiger partial charge on any atom is 0.339 e. The molecule has 0 unspecified atom stereocenters. The Morgan fingerprint density at radius 2 is 1.88 bits per heavy atom. The minimum atomic E-state index is -0.547. The standard InChI is InChI=1S/C19H16BrNO5/c1-24-17(22)13-4-3-12(9-14(13)20)21-18(23)19(6-7-19)11-2-5-15-16(8-11)26-10-25-15/h2-5,8-9H,6-7,10H2,1H3,(H,21,23). The lowest BCUT2D eigenvalue weighted by Gasteiger charge is -2.17. The second-order valence-corrected chi connectivity index (χ2v) is 7.14. The quantitative estimate of drug-likeness (QED) is 0.768. The van der Waals surface area contributed by atoms with Gasteiger partial charge in [-0.1, -0.05) is 6.07 Å². The van der Waals surface area contributed by atoms with Gasteiger partial charge < -0.3 is 19.5 Å². The van der Waals surface area contributed by atoms with Gasteiger partial charge in [0.1, 0.15) is 0 Å². The summed E-state index contributed by atoms with van der Waals surface area (Å²) in [6.45, 7) is 0.207. The molecule has 0 radical (unpaired) electrons. The number of esters is 1. The normalized spacial score (nSPS) is 16.1. The zero-order chi connectivity index (χ0) is 18.3. The summed E-state index contributed by atoms with van der Waals surface area (Å²) in [5.74, 6) is 0.863. The van der Waals surface area contributed by atoms with Gasteiger partial charge >= 0.3 is 5.97 Å². The molecule has 0 bridgehead atoms. The van der Waals surface area contributed by atoms with Gasteiger partial charge in [0.25, 0.3) is 0 Å². The van der Waals surface area contributed by atoms with E-state index in [1.54, 1.807) is 18.2 Å². The highest BCUT2D eigenvalue weighted by Crippen LogP contribution is 2.51. The number of rotatable bonds is 4. The van der Waals surface area contributed by atoms with Crippen LogP contribution in [0.15, 0.2) is 40.9 Å². The summed E-state index contributed by atoms with van der Waals surface area (Å²) >= 11 is 3.34. The first-order valence-corrected chi connectivity index (χ1v) is 8.92. The molecule has 1 amide bonds. The van der Waals surface area contributed by atoms with Crippen LogP contribution < -0.4 is 14.8 Å². The molecule has 0 aromatic heterocycles. The summed E-state index contributed by atoms with van der Waals surface area (Å²) in [4.78, 5) is 24.5. The second-order valence-electron chi connectivity index (χ2n) is 6.29. The highest BCUT2D eigenvalue weighted by molar-refractivity contribution is 9.10. The predicted molar refractivity (Wildman–Crippen MR) is 97.6 cm³/mol. The Balaban J connectivity index is 1.55. The van der Waals surface area contributed by atoms with Gasteiger partial charge in [0, 0.05) is 10.2 Å². The molecule has 0 saturated heterocycles. The molecule has 1 fully saturated rings. The highest BCUT2D eigenvalue weighted by Gasteiger charge is 2.51. The Bertz CT molecular complexity index is 907. The van der Waals surface area contributed by atoms with Gasteiger partial charge in [-0.3, -0.25) is 4.79 Å². The number of anilines is 1. The lowest BCUT2D eigenvalue weighted by molar-refractivity contribution is -0.118. The van der Waals surface area contributed by atoms with Crippen LogP contribution in [-0.4, -0.2) is 25.8 Å². The number of benzene rings is 2. The van der Waals surface area contributed by atoms with Crippen LogP contribution in [0.3, 0.4) is 0 Å². The Kier molecular flexibility index (Phi) is 4.11. The fourth-order valence-corrected chi connectivity index (χ4v) is 3.63. The number of carbonyl (C=O) groups excluding carboxylic acids is 2. The smallest absolute Gasteiger partial charge is 0.339 e. The van der Waals surface area contributed by atoms with Crippen molar-refractivity contribution < 1.29 is 23.8 Å². The summed E-state index contributed by atoms with van der Waals surface area (Å²) in [5, 5.41) is 2.94. The third-order valence-corrected chi connectivity index (χ3v) is 5.40. The lowest BCUT2D eigenvalue weighted by Crippen LogP contribution is -2.27. The molecule has 1 aliphatic carbocycles. The zero-order valence-electron chi connectivity index (χ0n) is 14.0. The van der Waals surface area contributed by atoms with Crippen LogP contribution in [-0.2, 0) is 14.9 Å². The van der Waals surface area contributed by atoms with E-state index in [0.29, 0.717) is 27.2 Å². The van der Waals surface area contributed by atoms with Crippen LogP contribution in [0.5, 0.6) is 11.5 Å². The van der Waals surface area contributed by atoms with Crippen LogP contribution >= 0.6 is 15.9 Å². The van der Waals surface area contributed by atoms with E-state index in [1.807, 2.05) is 18.2 Å². The van der Waals surface area contributed by atoms with Crippen LogP contribution in [0.1, 0.15) is 28.8 Å². The second kappa shape index (κ2) is 6.32. The van der Waals surface area contributed by atoms with Gasteiger partial charge in [0.15, 0.2) is 11.5 Å². The molecule has 1 aliphatic heterocycles. The molecule has 0 spiro atoms. The van der Waals surface area contributed by atoms with Crippen molar-refractivity contribution in [1.82, 2.24) is 0 Å². The van der Waals surface area contributed by atoms with Crippen LogP contribution in [0.4, 0.5) is 5.69 Å². The lowest BCUT2D eigenvalue weighted by atomic mass is 9.94. The van der Waals surface area contributed by atoms with Crippen LogP contribution in [0, 0.1) is 0 Å². The van der Waals surface area contributed by atoms with Crippen molar-refractivity contribution >= 4 is 33.5 Å². The average molecular weight is 418 g/mol. The van der Waals surface area contributed by atoms with Gasteiger partial charge in [-0.2, -0.15) is 0 Å². The summed E-state index contributed by atoms with van der Waals surface area (Å²) in [7, 11) is 1.33. The fraction of sp³-hybridized carbons (Fsp3) is 0.263. The van der Waals surface area contributed by atoms with Crippen molar-refractivity contribution in [3.05, 3.63) is 52.0 Å². The molecule has 1 saturated carbocycles. The van der Waals surface area contributed by atoms with Gasteiger partial charge in [-0.15, -0.1) is 0 Å². The minimum absolute atomic E-state index is 0.0749. The maximum atomic E-state index is 12.9. The molecule has 0 atom stereocenters. The van der Waals surface area contributed by atoms with Gasteiger partial charge in [-0.25, -0.2) is 4.79 Å². The number of fused-ring (bicyclic) bond motifs is 1. The summed E-state index contributed by atoms with van der Waals surface area (Å²) in [5.41, 5.74) is 1.39. The van der Waals surface area contributed by atoms with Crippen molar-refractivity contribution in [3.63, 3.8) is 0 Å². The monoisotopic (exact) mass is 417 g/mol. The van der Waals surface area contributed by atoms with E-state index in [1.165, 1.54) is 7.11 Å². The first-order valence-electron chi connectivity index (χ1n) is 8.13. The molecule has 2 aromatic carbocycles. The average Bonchev–Trinajstić information content (AvgIpc) is 3.32. The summed E-state index contributed by atoms with van der Waals surface area (Å²) in [6.07, 6.45) is 1.56. The number of amides is 1. The number of hydrogen-bond donors (Lipinski definition) is 1. The van der Waals surface area contributed by atoms with Crippen LogP contribution in [0.2, 0.25) is 0 Å². The Morgan fingerprint density at radius 3 is 2.58 bits per heavy atom. The zero-order valence-corrected chi connectivity index (χ0v) is 15.6. The third-order valence-electron chi connectivity index (χ3n) is 4.74. The molecule has 4 rings (SSSR count). The van der Waals surface area contributed by atoms with E-state index < -0.39 is 11.4 Å². The molecule has 1 N–H and O–H groups in total. The van der Waals surface area contributed by atoms with Crippen LogP contribution in [0.25, 0.3) is 0 Å². The SMILES string of the molecule is COC(=O)c1ccc(NC(=O)C2(c3ccc4c(c3)OCO4)CC2)cc1Br. The van der Waals surface area contributed by atoms with E-state index >= 15 is 0 Å². The molecule has 7 heteroatoms. The highest BCUT2D eigenvalue weighted by atomic mass is 79.9. The van der Waals surface area contributed by atoms with Gasteiger partial charge in [-0.05, 0) is 64.7 Å². The Hall–Kier alpha value is -2.54. The van der Waals surface area contributed by atoms with E-state index in [9.17, 15) is 9.59 Å². The number of methoxy groups -OCH3 is 1. The summed E-state index contributed by atoms with van der Waals surface area (Å²) in [6, 6.07) is 10.6. The van der Waals surface area contributed by atoms with E-state index in [4.69, 9.17) is 14.2 Å². The number of carbonyl (C=O) groups is 2. The van der Waals surface area contributed by atoms with Crippen molar-refractivity contribution in [3.8, 4) is 11.5 Å². The predicted octanol–water partition coefficient (Wildman–Crippen LogP) is 3.63. The molecule has 26 heavy (non-hydrogen) atoms. The Labute approximate surface area is 158 Å². The Morgan fingerprint density at radius 1 is 1.12 bits per heavy atom.